The Morgan fingerprint density at radius 3 is 2.53 bits per heavy atom. The Morgan fingerprint density at radius 2 is 2.05 bits per heavy atom. The van der Waals surface area contributed by atoms with E-state index in [9.17, 15) is 14.0 Å². The van der Waals surface area contributed by atoms with Crippen LogP contribution < -0.4 is 0 Å². The number of benzene rings is 1. The molecule has 0 bridgehead atoms. The van der Waals surface area contributed by atoms with Gasteiger partial charge in [-0.3, -0.25) is 9.59 Å². The van der Waals surface area contributed by atoms with E-state index < -0.39 is 24.2 Å². The summed E-state index contributed by atoms with van der Waals surface area (Å²) in [6, 6.07) is 3.99. The maximum atomic E-state index is 13.4. The van der Waals surface area contributed by atoms with E-state index in [4.69, 9.17) is 5.11 Å². The zero-order valence-corrected chi connectivity index (χ0v) is 12.3. The summed E-state index contributed by atoms with van der Waals surface area (Å²) >= 11 is 3.00. The average molecular weight is 332 g/mol. The summed E-state index contributed by atoms with van der Waals surface area (Å²) < 4.78 is 13.7. The first kappa shape index (κ1) is 15.6. The van der Waals surface area contributed by atoms with Crippen molar-refractivity contribution in [1.82, 2.24) is 4.90 Å². The van der Waals surface area contributed by atoms with Crippen molar-refractivity contribution in [2.45, 2.75) is 13.8 Å². The molecule has 1 rings (SSSR count). The molecule has 6 heteroatoms. The summed E-state index contributed by atoms with van der Waals surface area (Å²) in [5.74, 6) is -2.00. The van der Waals surface area contributed by atoms with E-state index in [2.05, 4.69) is 15.9 Å². The van der Waals surface area contributed by atoms with E-state index in [1.807, 2.05) is 13.8 Å². The minimum Gasteiger partial charge on any atom is -0.480 e. The van der Waals surface area contributed by atoms with Crippen molar-refractivity contribution in [2.24, 2.45) is 5.92 Å². The molecule has 19 heavy (non-hydrogen) atoms. The molecule has 1 N–H and O–H groups in total. The van der Waals surface area contributed by atoms with Gasteiger partial charge in [-0.15, -0.1) is 0 Å². The topological polar surface area (TPSA) is 57.6 Å². The largest absolute Gasteiger partial charge is 0.480 e. The van der Waals surface area contributed by atoms with Crippen LogP contribution in [0.1, 0.15) is 24.2 Å². The Balaban J connectivity index is 2.97. The number of nitrogens with zero attached hydrogens (tertiary/aromatic N) is 1. The molecule has 4 nitrogen and oxygen atoms in total. The van der Waals surface area contributed by atoms with Gasteiger partial charge in [0.2, 0.25) is 0 Å². The first-order valence-corrected chi connectivity index (χ1v) is 6.56. The zero-order valence-electron chi connectivity index (χ0n) is 10.7. The second-order valence-corrected chi connectivity index (χ2v) is 5.46. The third-order valence-electron chi connectivity index (χ3n) is 2.37. The predicted molar refractivity (Wildman–Crippen MR) is 72.5 cm³/mol. The molecule has 0 saturated carbocycles. The lowest BCUT2D eigenvalue weighted by molar-refractivity contribution is -0.137. The third-order valence-corrected chi connectivity index (χ3v) is 3.01. The molecule has 0 aliphatic heterocycles. The predicted octanol–water partition coefficient (Wildman–Crippen LogP) is 2.77. The normalized spacial score (nSPS) is 10.6. The van der Waals surface area contributed by atoms with Gasteiger partial charge in [-0.05, 0) is 40.0 Å². The van der Waals surface area contributed by atoms with E-state index in [0.29, 0.717) is 6.54 Å². The molecule has 0 unspecified atom stereocenters. The Labute approximate surface area is 119 Å². The lowest BCUT2D eigenvalue weighted by Gasteiger charge is -2.22. The van der Waals surface area contributed by atoms with Crippen molar-refractivity contribution >= 4 is 27.8 Å². The molecular formula is C13H15BrFNO3. The number of carbonyl (C=O) groups is 2. The molecule has 0 fully saturated rings. The SMILES string of the molecule is CC(C)CN(CC(=O)O)C(=O)c1ccc(Br)c(F)c1. The standard InChI is InChI=1S/C13H15BrFNO3/c1-8(2)6-16(7-12(17)18)13(19)9-3-4-10(14)11(15)5-9/h3-5,8H,6-7H2,1-2H3,(H,17,18). The summed E-state index contributed by atoms with van der Waals surface area (Å²) in [7, 11) is 0. The molecule has 1 aromatic rings. The molecule has 0 heterocycles. The number of hydrogen-bond acceptors (Lipinski definition) is 2. The minimum absolute atomic E-state index is 0.128. The van der Waals surface area contributed by atoms with Gasteiger partial charge in [-0.1, -0.05) is 13.8 Å². The number of amides is 1. The fourth-order valence-electron chi connectivity index (χ4n) is 1.64. The van der Waals surface area contributed by atoms with Crippen molar-refractivity contribution < 1.29 is 19.1 Å². The lowest BCUT2D eigenvalue weighted by atomic mass is 10.1. The van der Waals surface area contributed by atoms with Gasteiger partial charge in [0.25, 0.3) is 5.91 Å². The number of hydrogen-bond donors (Lipinski definition) is 1. The van der Waals surface area contributed by atoms with E-state index >= 15 is 0 Å². The van der Waals surface area contributed by atoms with Crippen molar-refractivity contribution in [2.75, 3.05) is 13.1 Å². The van der Waals surface area contributed by atoms with Gasteiger partial charge in [0.15, 0.2) is 0 Å². The van der Waals surface area contributed by atoms with Crippen LogP contribution in [0, 0.1) is 11.7 Å². The molecule has 0 spiro atoms. The van der Waals surface area contributed by atoms with Crippen molar-refractivity contribution in [3.8, 4) is 0 Å². The molecule has 104 valence electrons. The fourth-order valence-corrected chi connectivity index (χ4v) is 1.88. The van der Waals surface area contributed by atoms with Crippen LogP contribution in [-0.2, 0) is 4.79 Å². The lowest BCUT2D eigenvalue weighted by Crippen LogP contribution is -2.38. The molecular weight excluding hydrogens is 317 g/mol. The third kappa shape index (κ3) is 4.63. The number of rotatable bonds is 5. The van der Waals surface area contributed by atoms with Gasteiger partial charge in [0, 0.05) is 12.1 Å². The van der Waals surface area contributed by atoms with Crippen LogP contribution in [0.4, 0.5) is 4.39 Å². The van der Waals surface area contributed by atoms with Crippen LogP contribution in [0.15, 0.2) is 22.7 Å². The second kappa shape index (κ2) is 6.65. The molecule has 0 atom stereocenters. The zero-order chi connectivity index (χ0) is 14.6. The maximum Gasteiger partial charge on any atom is 0.323 e. The van der Waals surface area contributed by atoms with Crippen molar-refractivity contribution in [3.63, 3.8) is 0 Å². The van der Waals surface area contributed by atoms with Gasteiger partial charge >= 0.3 is 5.97 Å². The summed E-state index contributed by atoms with van der Waals surface area (Å²) in [6.45, 7) is 3.67. The summed E-state index contributed by atoms with van der Waals surface area (Å²) in [4.78, 5) is 24.1. The highest BCUT2D eigenvalue weighted by Gasteiger charge is 2.20. The number of carbonyl (C=O) groups excluding carboxylic acids is 1. The molecule has 0 radical (unpaired) electrons. The molecule has 0 aliphatic rings. The average Bonchev–Trinajstić information content (AvgIpc) is 2.29. The molecule has 1 amide bonds. The molecule has 0 saturated heterocycles. The van der Waals surface area contributed by atoms with Crippen molar-refractivity contribution in [1.29, 1.82) is 0 Å². The Morgan fingerprint density at radius 1 is 1.42 bits per heavy atom. The van der Waals surface area contributed by atoms with Crippen LogP contribution in [0.3, 0.4) is 0 Å². The number of aliphatic carboxylic acids is 1. The fraction of sp³-hybridized carbons (Fsp3) is 0.385. The number of carboxylic acid groups (broad SMARTS) is 1. The summed E-state index contributed by atoms with van der Waals surface area (Å²) in [6.07, 6.45) is 0. The van der Waals surface area contributed by atoms with Gasteiger partial charge in [0.05, 0.1) is 4.47 Å². The first-order valence-electron chi connectivity index (χ1n) is 5.77. The van der Waals surface area contributed by atoms with E-state index in [0.717, 1.165) is 6.07 Å². The van der Waals surface area contributed by atoms with Crippen LogP contribution >= 0.6 is 15.9 Å². The molecule has 0 aliphatic carbocycles. The van der Waals surface area contributed by atoms with Crippen LogP contribution in [-0.4, -0.2) is 35.0 Å². The van der Waals surface area contributed by atoms with Gasteiger partial charge < -0.3 is 10.0 Å². The van der Waals surface area contributed by atoms with Gasteiger partial charge in [-0.25, -0.2) is 4.39 Å². The minimum atomic E-state index is -1.09. The maximum absolute atomic E-state index is 13.4. The number of halogens is 2. The Bertz CT molecular complexity index is 491. The monoisotopic (exact) mass is 331 g/mol. The van der Waals surface area contributed by atoms with E-state index in [-0.39, 0.29) is 16.0 Å². The summed E-state index contributed by atoms with van der Waals surface area (Å²) in [5, 5.41) is 8.82. The van der Waals surface area contributed by atoms with Crippen LogP contribution in [0.5, 0.6) is 0 Å². The Hall–Kier alpha value is -1.43. The molecule has 1 aromatic carbocycles. The highest BCUT2D eigenvalue weighted by atomic mass is 79.9. The van der Waals surface area contributed by atoms with Crippen LogP contribution in [0.2, 0.25) is 0 Å². The van der Waals surface area contributed by atoms with Crippen LogP contribution in [0.25, 0.3) is 0 Å². The van der Waals surface area contributed by atoms with E-state index in [1.165, 1.54) is 17.0 Å². The van der Waals surface area contributed by atoms with Gasteiger partial charge in [0.1, 0.15) is 12.4 Å². The quantitative estimate of drug-likeness (QED) is 0.902. The second-order valence-electron chi connectivity index (χ2n) is 4.60. The van der Waals surface area contributed by atoms with Gasteiger partial charge in [-0.2, -0.15) is 0 Å². The summed E-state index contributed by atoms with van der Waals surface area (Å²) in [5.41, 5.74) is 0.141. The first-order chi connectivity index (χ1) is 8.81. The van der Waals surface area contributed by atoms with Crippen molar-refractivity contribution in [3.05, 3.63) is 34.1 Å². The number of carboxylic acids is 1. The highest BCUT2D eigenvalue weighted by Crippen LogP contribution is 2.17. The Kier molecular flexibility index (Phi) is 5.47. The smallest absolute Gasteiger partial charge is 0.323 e. The van der Waals surface area contributed by atoms with E-state index in [1.54, 1.807) is 0 Å². The highest BCUT2D eigenvalue weighted by molar-refractivity contribution is 9.10. The molecule has 0 aromatic heterocycles.